The van der Waals surface area contributed by atoms with Gasteiger partial charge in [-0.2, -0.15) is 0 Å². The summed E-state index contributed by atoms with van der Waals surface area (Å²) < 4.78 is 2.02. The van der Waals surface area contributed by atoms with Crippen LogP contribution < -0.4 is 10.5 Å². The molecule has 0 saturated heterocycles. The van der Waals surface area contributed by atoms with Gasteiger partial charge in [0.05, 0.1) is 0 Å². The Labute approximate surface area is 112 Å². The number of fused-ring (bicyclic) bond motifs is 2. The molecule has 0 radical (unpaired) electrons. The van der Waals surface area contributed by atoms with E-state index in [1.54, 1.807) is 0 Å². The molecule has 19 heavy (non-hydrogen) atoms. The third-order valence-corrected chi connectivity index (χ3v) is 4.47. The van der Waals surface area contributed by atoms with E-state index >= 15 is 0 Å². The molecule has 98 valence electrons. The monoisotopic (exact) mass is 254 g/mol. The van der Waals surface area contributed by atoms with E-state index in [4.69, 9.17) is 0 Å². The fourth-order valence-corrected chi connectivity index (χ4v) is 3.62. The van der Waals surface area contributed by atoms with Crippen molar-refractivity contribution >= 4 is 16.6 Å². The third-order valence-electron chi connectivity index (χ3n) is 4.47. The van der Waals surface area contributed by atoms with Crippen LogP contribution in [0.2, 0.25) is 0 Å². The average molecular weight is 254 g/mol. The van der Waals surface area contributed by atoms with Crippen molar-refractivity contribution in [2.24, 2.45) is 0 Å². The molecule has 0 saturated carbocycles. The molecular formula is C16H18N2O. The quantitative estimate of drug-likeness (QED) is 0.722. The van der Waals surface area contributed by atoms with E-state index in [0.29, 0.717) is 0 Å². The minimum absolute atomic E-state index is 0.195. The highest BCUT2D eigenvalue weighted by Gasteiger charge is 2.25. The largest absolute Gasteiger partial charge is 0.358 e. The molecular weight excluding hydrogens is 236 g/mol. The second kappa shape index (κ2) is 4.12. The Hall–Kier alpha value is -1.77. The van der Waals surface area contributed by atoms with Crippen LogP contribution >= 0.6 is 0 Å². The number of aromatic nitrogens is 1. The highest BCUT2D eigenvalue weighted by molar-refractivity contribution is 5.88. The molecule has 2 aliphatic heterocycles. The van der Waals surface area contributed by atoms with Gasteiger partial charge in [0.25, 0.3) is 5.56 Å². The number of hydrogen-bond acceptors (Lipinski definition) is 2. The summed E-state index contributed by atoms with van der Waals surface area (Å²) in [6, 6.07) is 8.12. The van der Waals surface area contributed by atoms with Crippen LogP contribution in [0.3, 0.4) is 0 Å². The number of benzene rings is 1. The van der Waals surface area contributed by atoms with Crippen LogP contribution in [0.25, 0.3) is 10.8 Å². The van der Waals surface area contributed by atoms with Gasteiger partial charge in [-0.15, -0.1) is 0 Å². The van der Waals surface area contributed by atoms with Crippen molar-refractivity contribution in [2.75, 3.05) is 18.0 Å². The Morgan fingerprint density at radius 3 is 2.58 bits per heavy atom. The first kappa shape index (κ1) is 11.1. The maximum absolute atomic E-state index is 12.7. The fraction of sp³-hybridized carbons (Fsp3) is 0.438. The first-order valence-electron chi connectivity index (χ1n) is 7.25. The summed E-state index contributed by atoms with van der Waals surface area (Å²) in [7, 11) is 0. The topological polar surface area (TPSA) is 25.2 Å². The van der Waals surface area contributed by atoms with Crippen molar-refractivity contribution < 1.29 is 0 Å². The molecule has 2 aliphatic rings. The number of anilines is 1. The second-order valence-corrected chi connectivity index (χ2v) is 5.60. The van der Waals surface area contributed by atoms with Crippen LogP contribution in [-0.2, 0) is 13.0 Å². The van der Waals surface area contributed by atoms with Crippen LogP contribution in [0.1, 0.15) is 24.8 Å². The molecule has 3 heteroatoms. The van der Waals surface area contributed by atoms with Gasteiger partial charge in [0.15, 0.2) is 0 Å². The number of rotatable bonds is 0. The van der Waals surface area contributed by atoms with Gasteiger partial charge >= 0.3 is 0 Å². The van der Waals surface area contributed by atoms with E-state index in [-0.39, 0.29) is 5.56 Å². The van der Waals surface area contributed by atoms with Crippen molar-refractivity contribution in [1.82, 2.24) is 4.57 Å². The molecule has 0 spiro atoms. The lowest BCUT2D eigenvalue weighted by atomic mass is 10.0. The lowest BCUT2D eigenvalue weighted by molar-refractivity contribution is 0.547. The minimum Gasteiger partial charge on any atom is -0.358 e. The first-order chi connectivity index (χ1) is 9.36. The summed E-state index contributed by atoms with van der Waals surface area (Å²) in [5, 5.41) is 2.07. The molecule has 4 rings (SSSR count). The molecule has 1 aromatic heterocycles. The lowest BCUT2D eigenvalue weighted by Gasteiger charge is -2.33. The van der Waals surface area contributed by atoms with E-state index in [9.17, 15) is 4.79 Å². The Morgan fingerprint density at radius 1 is 0.895 bits per heavy atom. The number of aryl methyl sites for hydroxylation is 1. The standard InChI is InChI=1S/C16H18N2O/c19-16-14-8-2-1-6-12(14)13-7-3-4-9-17-10-5-11-18(16)15(13)17/h1-2,6,8H,3-5,7,9-11H2. The normalized spacial score (nSPS) is 18.2. The summed E-state index contributed by atoms with van der Waals surface area (Å²) in [5.41, 5.74) is 1.59. The Morgan fingerprint density at radius 2 is 1.68 bits per heavy atom. The van der Waals surface area contributed by atoms with E-state index in [2.05, 4.69) is 11.0 Å². The van der Waals surface area contributed by atoms with E-state index in [0.717, 1.165) is 37.9 Å². The van der Waals surface area contributed by atoms with Crippen molar-refractivity contribution in [1.29, 1.82) is 0 Å². The van der Waals surface area contributed by atoms with Gasteiger partial charge in [-0.3, -0.25) is 9.36 Å². The fourth-order valence-electron chi connectivity index (χ4n) is 3.62. The zero-order valence-corrected chi connectivity index (χ0v) is 11.1. The Balaban J connectivity index is 2.15. The highest BCUT2D eigenvalue weighted by atomic mass is 16.1. The second-order valence-electron chi connectivity index (χ2n) is 5.60. The zero-order valence-electron chi connectivity index (χ0n) is 11.1. The van der Waals surface area contributed by atoms with Gasteiger partial charge in [-0.1, -0.05) is 18.2 Å². The molecule has 0 amide bonds. The molecule has 0 fully saturated rings. The molecule has 0 bridgehead atoms. The molecule has 1 aromatic carbocycles. The van der Waals surface area contributed by atoms with Crippen LogP contribution in [0.4, 0.5) is 5.82 Å². The average Bonchev–Trinajstić information content (AvgIpc) is 2.68. The van der Waals surface area contributed by atoms with Crippen molar-refractivity contribution in [3.05, 3.63) is 40.2 Å². The minimum atomic E-state index is 0.195. The zero-order chi connectivity index (χ0) is 12.8. The van der Waals surface area contributed by atoms with Gasteiger partial charge < -0.3 is 4.90 Å². The SMILES string of the molecule is O=c1c2ccccc2c2c3n1CCCN3CCCC2. The Bertz CT molecular complexity index is 702. The number of nitrogens with zero attached hydrogens (tertiary/aromatic N) is 2. The molecule has 0 unspecified atom stereocenters. The van der Waals surface area contributed by atoms with Crippen molar-refractivity contribution in [3.8, 4) is 0 Å². The third kappa shape index (κ3) is 1.54. The van der Waals surface area contributed by atoms with Crippen LogP contribution in [0, 0.1) is 0 Å². The maximum atomic E-state index is 12.7. The summed E-state index contributed by atoms with van der Waals surface area (Å²) in [6.07, 6.45) is 4.65. The number of hydrogen-bond donors (Lipinski definition) is 0. The molecule has 3 nitrogen and oxygen atoms in total. The highest BCUT2D eigenvalue weighted by Crippen LogP contribution is 2.33. The Kier molecular flexibility index (Phi) is 2.40. The molecule has 3 heterocycles. The summed E-state index contributed by atoms with van der Waals surface area (Å²) in [4.78, 5) is 15.1. The molecule has 0 atom stereocenters. The first-order valence-corrected chi connectivity index (χ1v) is 7.25. The molecule has 0 N–H and O–H groups in total. The van der Waals surface area contributed by atoms with Gasteiger partial charge in [-0.05, 0) is 37.1 Å². The smallest absolute Gasteiger partial charge is 0.260 e. The van der Waals surface area contributed by atoms with Crippen LogP contribution in [0.5, 0.6) is 0 Å². The van der Waals surface area contributed by atoms with Gasteiger partial charge in [0.1, 0.15) is 5.82 Å². The predicted octanol–water partition coefficient (Wildman–Crippen LogP) is 2.55. The van der Waals surface area contributed by atoms with E-state index in [1.807, 2.05) is 22.8 Å². The van der Waals surface area contributed by atoms with Gasteiger partial charge in [0.2, 0.25) is 0 Å². The molecule has 0 aliphatic carbocycles. The van der Waals surface area contributed by atoms with Crippen molar-refractivity contribution in [2.45, 2.75) is 32.2 Å². The summed E-state index contributed by atoms with van der Waals surface area (Å²) in [6.45, 7) is 3.08. The van der Waals surface area contributed by atoms with Crippen LogP contribution in [-0.4, -0.2) is 17.7 Å². The summed E-state index contributed by atoms with van der Waals surface area (Å²) in [5.74, 6) is 1.22. The van der Waals surface area contributed by atoms with Crippen molar-refractivity contribution in [3.63, 3.8) is 0 Å². The lowest BCUT2D eigenvalue weighted by Crippen LogP contribution is -2.38. The predicted molar refractivity (Wildman–Crippen MR) is 78.0 cm³/mol. The van der Waals surface area contributed by atoms with Crippen LogP contribution in [0.15, 0.2) is 29.1 Å². The summed E-state index contributed by atoms with van der Waals surface area (Å²) >= 11 is 0. The van der Waals surface area contributed by atoms with Gasteiger partial charge in [0, 0.05) is 30.6 Å². The van der Waals surface area contributed by atoms with Gasteiger partial charge in [-0.25, -0.2) is 0 Å². The molecule has 2 aromatic rings. The van der Waals surface area contributed by atoms with E-state index < -0.39 is 0 Å². The number of pyridine rings is 1. The maximum Gasteiger partial charge on any atom is 0.260 e. The van der Waals surface area contributed by atoms with E-state index in [1.165, 1.54) is 29.6 Å².